The van der Waals surface area contributed by atoms with Gasteiger partial charge in [-0.05, 0) is 19.4 Å². The number of benzene rings is 1. The minimum Gasteiger partial charge on any atom is -0.378 e. The molecule has 0 unspecified atom stereocenters. The molecule has 4 heterocycles. The molecule has 1 fully saturated rings. The predicted molar refractivity (Wildman–Crippen MR) is 124 cm³/mol. The number of aromatic nitrogens is 6. The summed E-state index contributed by atoms with van der Waals surface area (Å²) >= 11 is 0. The smallest absolute Gasteiger partial charge is 0.229 e. The summed E-state index contributed by atoms with van der Waals surface area (Å²) in [4.78, 5) is 16.2. The second-order valence-corrected chi connectivity index (χ2v) is 7.81. The van der Waals surface area contributed by atoms with Crippen LogP contribution in [0.5, 0.6) is 0 Å². The van der Waals surface area contributed by atoms with Crippen LogP contribution in [-0.2, 0) is 11.8 Å². The molecule has 0 bridgehead atoms. The van der Waals surface area contributed by atoms with Crippen molar-refractivity contribution in [2.24, 2.45) is 12.1 Å². The Morgan fingerprint density at radius 1 is 1.12 bits per heavy atom. The molecule has 3 aromatic heterocycles. The van der Waals surface area contributed by atoms with Crippen LogP contribution in [0.4, 0.5) is 17.6 Å². The largest absolute Gasteiger partial charge is 0.378 e. The van der Waals surface area contributed by atoms with Crippen molar-refractivity contribution < 1.29 is 4.74 Å². The number of ether oxygens (including phenoxy) is 1. The molecule has 1 aromatic carbocycles. The summed E-state index contributed by atoms with van der Waals surface area (Å²) in [6, 6.07) is 10.1. The van der Waals surface area contributed by atoms with Gasteiger partial charge in [-0.3, -0.25) is 4.68 Å². The van der Waals surface area contributed by atoms with E-state index in [0.29, 0.717) is 42.0 Å². The summed E-state index contributed by atoms with van der Waals surface area (Å²) in [5, 5.41) is 12.4. The maximum Gasteiger partial charge on any atom is 0.229 e. The molecule has 0 amide bonds. The molecule has 1 N–H and O–H groups in total. The Kier molecular flexibility index (Phi) is 5.28. The fraction of sp³-hybridized carbons (Fsp3) is 0.318. The van der Waals surface area contributed by atoms with E-state index in [-0.39, 0.29) is 0 Å². The molecule has 10 nitrogen and oxygen atoms in total. The normalized spacial score (nSPS) is 14.5. The lowest BCUT2D eigenvalue weighted by atomic mass is 10.2. The average Bonchev–Trinajstić information content (AvgIpc) is 3.35. The van der Waals surface area contributed by atoms with Gasteiger partial charge in [0, 0.05) is 31.9 Å². The van der Waals surface area contributed by atoms with E-state index < -0.39 is 0 Å². The summed E-state index contributed by atoms with van der Waals surface area (Å²) < 4.78 is 8.98. The fourth-order valence-corrected chi connectivity index (χ4v) is 3.58. The topological polar surface area (TPSA) is 98.3 Å². The van der Waals surface area contributed by atoms with Crippen molar-refractivity contribution in [2.75, 3.05) is 36.5 Å². The molecule has 1 aliphatic heterocycles. The first-order valence-electron chi connectivity index (χ1n) is 10.5. The van der Waals surface area contributed by atoms with Crippen LogP contribution in [0.2, 0.25) is 0 Å². The second-order valence-electron chi connectivity index (χ2n) is 7.81. The zero-order valence-corrected chi connectivity index (χ0v) is 18.4. The van der Waals surface area contributed by atoms with Crippen molar-refractivity contribution in [3.63, 3.8) is 0 Å². The highest BCUT2D eigenvalue weighted by molar-refractivity contribution is 5.87. The number of rotatable bonds is 5. The summed E-state index contributed by atoms with van der Waals surface area (Å²) in [5.74, 6) is 1.92. The van der Waals surface area contributed by atoms with Crippen LogP contribution in [0.3, 0.4) is 0 Å². The number of anilines is 3. The minimum absolute atomic E-state index is 0.596. The van der Waals surface area contributed by atoms with Crippen molar-refractivity contribution in [2.45, 2.75) is 13.8 Å². The van der Waals surface area contributed by atoms with Crippen molar-refractivity contribution in [1.82, 2.24) is 29.4 Å². The Balaban J connectivity index is 1.56. The molecule has 5 rings (SSSR count). The highest BCUT2D eigenvalue weighted by atomic mass is 16.5. The van der Waals surface area contributed by atoms with E-state index in [1.807, 2.05) is 36.9 Å². The van der Waals surface area contributed by atoms with Gasteiger partial charge < -0.3 is 15.0 Å². The highest BCUT2D eigenvalue weighted by Crippen LogP contribution is 2.26. The van der Waals surface area contributed by atoms with Crippen molar-refractivity contribution in [3.05, 3.63) is 53.5 Å². The number of morpholine rings is 1. The third kappa shape index (κ3) is 4.04. The lowest BCUT2D eigenvalue weighted by Gasteiger charge is -2.27. The van der Waals surface area contributed by atoms with Gasteiger partial charge in [0.05, 0.1) is 19.4 Å². The Morgan fingerprint density at radius 2 is 1.97 bits per heavy atom. The van der Waals surface area contributed by atoms with Crippen LogP contribution in [0.15, 0.2) is 41.8 Å². The van der Waals surface area contributed by atoms with Crippen LogP contribution in [-0.4, -0.2) is 61.9 Å². The predicted octanol–water partition coefficient (Wildman–Crippen LogP) is 2.64. The average molecular weight is 432 g/mol. The first kappa shape index (κ1) is 20.1. The van der Waals surface area contributed by atoms with E-state index in [4.69, 9.17) is 14.7 Å². The molecule has 4 aromatic rings. The maximum atomic E-state index is 5.49. The number of hydrogen-bond donors (Lipinski definition) is 1. The van der Waals surface area contributed by atoms with Crippen LogP contribution in [0.1, 0.15) is 16.8 Å². The third-order valence-corrected chi connectivity index (χ3v) is 5.39. The zero-order chi connectivity index (χ0) is 22.1. The second kappa shape index (κ2) is 8.39. The first-order valence-corrected chi connectivity index (χ1v) is 10.5. The van der Waals surface area contributed by atoms with Gasteiger partial charge in [-0.15, -0.1) is 0 Å². The lowest BCUT2D eigenvalue weighted by Crippen LogP contribution is -2.37. The summed E-state index contributed by atoms with van der Waals surface area (Å²) in [7, 11) is 1.91. The molecule has 0 atom stereocenters. The molecule has 10 heteroatoms. The zero-order valence-electron chi connectivity index (χ0n) is 18.4. The van der Waals surface area contributed by atoms with Gasteiger partial charge in [0.1, 0.15) is 6.33 Å². The van der Waals surface area contributed by atoms with Gasteiger partial charge in [-0.25, -0.2) is 9.66 Å². The molecule has 1 aliphatic rings. The van der Waals surface area contributed by atoms with Crippen molar-refractivity contribution in [3.8, 4) is 0 Å². The van der Waals surface area contributed by atoms with E-state index in [9.17, 15) is 0 Å². The van der Waals surface area contributed by atoms with Gasteiger partial charge in [0.25, 0.3) is 0 Å². The van der Waals surface area contributed by atoms with Gasteiger partial charge in [-0.1, -0.05) is 29.8 Å². The summed E-state index contributed by atoms with van der Waals surface area (Å²) in [5.41, 5.74) is 4.49. The van der Waals surface area contributed by atoms with E-state index >= 15 is 0 Å². The molecule has 0 radical (unpaired) electrons. The fourth-order valence-electron chi connectivity index (χ4n) is 3.58. The van der Waals surface area contributed by atoms with Crippen LogP contribution >= 0.6 is 0 Å². The molecular formula is C22H25N9O. The number of nitrogens with zero attached hydrogens (tertiary/aromatic N) is 8. The molecule has 164 valence electrons. The Labute approximate surface area is 185 Å². The van der Waals surface area contributed by atoms with E-state index in [2.05, 4.69) is 44.5 Å². The summed E-state index contributed by atoms with van der Waals surface area (Å²) in [6.07, 6.45) is 3.46. The van der Waals surface area contributed by atoms with Crippen LogP contribution in [0, 0.1) is 13.8 Å². The number of hydrogen-bond acceptors (Lipinski definition) is 8. The Hall–Kier alpha value is -3.79. The highest BCUT2D eigenvalue weighted by Gasteiger charge is 2.20. The van der Waals surface area contributed by atoms with Crippen molar-refractivity contribution in [1.29, 1.82) is 0 Å². The number of nitrogens with one attached hydrogen (secondary N) is 1. The maximum absolute atomic E-state index is 5.49. The minimum atomic E-state index is 0.596. The van der Waals surface area contributed by atoms with E-state index in [1.165, 1.54) is 5.56 Å². The monoisotopic (exact) mass is 431 g/mol. The van der Waals surface area contributed by atoms with Gasteiger partial charge >= 0.3 is 0 Å². The number of imidazole rings is 1. The molecule has 32 heavy (non-hydrogen) atoms. The Morgan fingerprint density at radius 3 is 2.72 bits per heavy atom. The SMILES string of the molecule is Cc1cccc(C=Nn2cnc3c(Nc4cc(C)n(C)n4)nc(N4CCOCC4)nc32)c1. The molecule has 0 aliphatic carbocycles. The number of fused-ring (bicyclic) bond motifs is 1. The van der Waals surface area contributed by atoms with E-state index in [0.717, 1.165) is 24.3 Å². The first-order chi connectivity index (χ1) is 15.6. The molecule has 0 saturated carbocycles. The van der Waals surface area contributed by atoms with Crippen LogP contribution in [0.25, 0.3) is 11.2 Å². The molecule has 0 spiro atoms. The standard InChI is InChI=1S/C22H25N9O/c1-15-5-4-6-17(11-15)13-24-31-14-23-19-20(25-18-12-16(2)29(3)28-18)26-22(27-21(19)31)30-7-9-32-10-8-30/h4-6,11-14H,7-10H2,1-3H3,(H,25,26,27,28). The third-order valence-electron chi connectivity index (χ3n) is 5.39. The Bertz CT molecular complexity index is 1260. The quantitative estimate of drug-likeness (QED) is 0.485. The van der Waals surface area contributed by atoms with E-state index in [1.54, 1.807) is 17.2 Å². The summed E-state index contributed by atoms with van der Waals surface area (Å²) in [6.45, 7) is 6.82. The van der Waals surface area contributed by atoms with Gasteiger partial charge in [0.2, 0.25) is 5.95 Å². The van der Waals surface area contributed by atoms with Gasteiger partial charge in [0.15, 0.2) is 22.8 Å². The van der Waals surface area contributed by atoms with Crippen LogP contribution < -0.4 is 10.2 Å². The van der Waals surface area contributed by atoms with Gasteiger partial charge in [-0.2, -0.15) is 20.2 Å². The van der Waals surface area contributed by atoms with Crippen molar-refractivity contribution >= 4 is 35.0 Å². The molecule has 1 saturated heterocycles. The molecular weight excluding hydrogens is 406 g/mol. The number of aryl methyl sites for hydroxylation is 3. The lowest BCUT2D eigenvalue weighted by molar-refractivity contribution is 0.122.